The molecule has 1 heterocycles. The Morgan fingerprint density at radius 1 is 0.900 bits per heavy atom. The van der Waals surface area contributed by atoms with Crippen molar-refractivity contribution in [3.8, 4) is 11.1 Å². The van der Waals surface area contributed by atoms with Crippen LogP contribution in [0.15, 0.2) is 72.3 Å². The minimum atomic E-state index is -2.40. The molecule has 148 valence electrons. The van der Waals surface area contributed by atoms with E-state index in [9.17, 15) is 0 Å². The van der Waals surface area contributed by atoms with Gasteiger partial charge in [-0.3, -0.25) is 0 Å². The van der Waals surface area contributed by atoms with Gasteiger partial charge in [0.15, 0.2) is 0 Å². The fraction of sp³-hybridized carbons (Fsp3) is 0.0833. The van der Waals surface area contributed by atoms with Gasteiger partial charge >= 0.3 is 189 Å². The molecule has 0 saturated heterocycles. The van der Waals surface area contributed by atoms with Crippen molar-refractivity contribution in [2.75, 3.05) is 0 Å². The van der Waals surface area contributed by atoms with E-state index < -0.39 is 19.7 Å². The van der Waals surface area contributed by atoms with Gasteiger partial charge in [-0.1, -0.05) is 0 Å². The minimum absolute atomic E-state index is 0. The van der Waals surface area contributed by atoms with Crippen molar-refractivity contribution in [1.82, 2.24) is 0 Å². The molecule has 1 unspecified atom stereocenters. The molecule has 30 heavy (non-hydrogen) atoms. The van der Waals surface area contributed by atoms with Crippen LogP contribution in [0.1, 0.15) is 11.1 Å². The topological polar surface area (TPSA) is 0 Å². The molecule has 3 aliphatic rings. The molecule has 6 heteroatoms. The number of hydrogen-bond donors (Lipinski definition) is 0. The van der Waals surface area contributed by atoms with Gasteiger partial charge in [0.05, 0.1) is 0 Å². The SMILES string of the molecule is [Cl-].[Cl-].[S]=[Zr+2]([c]1cccc2c1Cc1ccccc1-2)[c]1cccc2c1=CC1=CC(Br)SC=21. The van der Waals surface area contributed by atoms with Crippen molar-refractivity contribution >= 4 is 54.1 Å². The standard InChI is InChI=1S/C13H9.C11H6BrS.2ClH.S.Zr/c1-3-7-12-10(5-1)9-11-6-2-4-8-13(11)12;12-10-6-8-5-7-3-1-2-4-9(7)11(8)13-10;;;;/h1-5,7-8H,9H2;1-2,4-6,10H;2*1H;;/q;;;;;+2/p-2. The second-order valence-corrected chi connectivity index (χ2v) is 16.8. The van der Waals surface area contributed by atoms with Gasteiger partial charge in [-0.15, -0.1) is 0 Å². The van der Waals surface area contributed by atoms with Crippen molar-refractivity contribution in [3.63, 3.8) is 0 Å². The molecule has 3 aromatic carbocycles. The van der Waals surface area contributed by atoms with Crippen LogP contribution < -0.4 is 41.8 Å². The second-order valence-electron chi connectivity index (χ2n) is 7.33. The van der Waals surface area contributed by atoms with Crippen molar-refractivity contribution in [1.29, 1.82) is 0 Å². The Morgan fingerprint density at radius 2 is 1.63 bits per heavy atom. The first-order chi connectivity index (χ1) is 13.7. The van der Waals surface area contributed by atoms with E-state index in [-0.39, 0.29) is 24.8 Å². The maximum atomic E-state index is 6.35. The summed E-state index contributed by atoms with van der Waals surface area (Å²) >= 11 is 3.22. The first-order valence-corrected chi connectivity index (χ1v) is 17.0. The van der Waals surface area contributed by atoms with Gasteiger partial charge < -0.3 is 24.8 Å². The Kier molecular flexibility index (Phi) is 6.76. The predicted octanol–water partition coefficient (Wildman–Crippen LogP) is -1.76. The van der Waals surface area contributed by atoms with E-state index in [0.29, 0.717) is 4.16 Å². The summed E-state index contributed by atoms with van der Waals surface area (Å²) in [5.74, 6) is 0. The van der Waals surface area contributed by atoms with Gasteiger partial charge in [-0.05, 0) is 0 Å². The van der Waals surface area contributed by atoms with Gasteiger partial charge in [0.25, 0.3) is 0 Å². The Labute approximate surface area is 212 Å². The van der Waals surface area contributed by atoms with Crippen LogP contribution in [0.25, 0.3) is 22.1 Å². The van der Waals surface area contributed by atoms with Crippen molar-refractivity contribution in [2.24, 2.45) is 0 Å². The summed E-state index contributed by atoms with van der Waals surface area (Å²) in [5, 5.41) is 2.78. The Balaban J connectivity index is 0.00000109. The summed E-state index contributed by atoms with van der Waals surface area (Å²) in [6.45, 7) is 0. The number of alkyl halides is 1. The predicted molar refractivity (Wildman–Crippen MR) is 123 cm³/mol. The van der Waals surface area contributed by atoms with Crippen LogP contribution in [0.2, 0.25) is 0 Å². The van der Waals surface area contributed by atoms with Gasteiger partial charge in [0.1, 0.15) is 0 Å². The molecule has 0 amide bonds. The normalized spacial score (nSPS) is 16.6. The van der Waals surface area contributed by atoms with E-state index in [2.05, 4.69) is 88.7 Å². The third kappa shape index (κ3) is 3.52. The first kappa shape index (κ1) is 22.8. The zero-order valence-electron chi connectivity index (χ0n) is 15.7. The average molecular weight is 610 g/mol. The summed E-state index contributed by atoms with van der Waals surface area (Å²) in [5.41, 5.74) is 7.09. The molecule has 3 aromatic rings. The molecule has 0 bridgehead atoms. The zero-order chi connectivity index (χ0) is 18.8. The Morgan fingerprint density at radius 3 is 2.50 bits per heavy atom. The van der Waals surface area contributed by atoms with Crippen LogP contribution in [0, 0.1) is 0 Å². The molecule has 0 spiro atoms. The van der Waals surface area contributed by atoms with E-state index in [1.807, 2.05) is 11.8 Å². The van der Waals surface area contributed by atoms with Gasteiger partial charge in [-0.25, -0.2) is 0 Å². The molecule has 0 N–H and O–H groups in total. The number of thioether (sulfide) groups is 1. The van der Waals surface area contributed by atoms with Crippen LogP contribution in [0.5, 0.6) is 0 Å². The molecule has 0 nitrogen and oxygen atoms in total. The molecule has 1 atom stereocenters. The molecule has 0 saturated carbocycles. The van der Waals surface area contributed by atoms with E-state index in [0.717, 1.165) is 6.42 Å². The van der Waals surface area contributed by atoms with E-state index in [1.54, 1.807) is 0 Å². The fourth-order valence-corrected chi connectivity index (χ4v) is 12.9. The molecule has 0 aromatic heterocycles. The third-order valence-electron chi connectivity index (χ3n) is 5.79. The summed E-state index contributed by atoms with van der Waals surface area (Å²) < 4.78 is 3.33. The molecule has 0 fully saturated rings. The molecular weight excluding hydrogens is 594 g/mol. The number of halogens is 3. The Bertz CT molecular complexity index is 1360. The van der Waals surface area contributed by atoms with Crippen molar-refractivity contribution in [2.45, 2.75) is 10.6 Å². The van der Waals surface area contributed by atoms with Crippen LogP contribution >= 0.6 is 36.5 Å². The maximum absolute atomic E-state index is 6.35. The zero-order valence-corrected chi connectivity index (χ0v) is 22.9. The van der Waals surface area contributed by atoms with Crippen LogP contribution in [-0.2, 0) is 26.1 Å². The van der Waals surface area contributed by atoms with Crippen LogP contribution in [-0.4, -0.2) is 4.16 Å². The number of hydrogen-bond acceptors (Lipinski definition) is 2. The average Bonchev–Trinajstić information content (AvgIpc) is 3.36. The number of rotatable bonds is 2. The van der Waals surface area contributed by atoms with Crippen molar-refractivity contribution < 1.29 is 44.5 Å². The molecule has 1 aliphatic heterocycles. The molecular formula is C24H15BrCl2S2Zr. The van der Waals surface area contributed by atoms with Crippen LogP contribution in [0.4, 0.5) is 0 Å². The summed E-state index contributed by atoms with van der Waals surface area (Å²) in [6.07, 6.45) is 5.72. The van der Waals surface area contributed by atoms with E-state index in [1.165, 1.54) is 49.7 Å². The summed E-state index contributed by atoms with van der Waals surface area (Å²) in [7, 11) is 6.35. The first-order valence-electron chi connectivity index (χ1n) is 9.33. The number of benzene rings is 3. The van der Waals surface area contributed by atoms with Crippen LogP contribution in [0.3, 0.4) is 0 Å². The second kappa shape index (κ2) is 8.89. The van der Waals surface area contributed by atoms with E-state index in [4.69, 9.17) is 8.86 Å². The fourth-order valence-electron chi connectivity index (χ4n) is 4.55. The molecule has 6 rings (SSSR count). The number of fused-ring (bicyclic) bond motifs is 5. The third-order valence-corrected chi connectivity index (χ3v) is 14.9. The Hall–Kier alpha value is -0.347. The molecule has 2 aliphatic carbocycles. The van der Waals surface area contributed by atoms with Gasteiger partial charge in [-0.2, -0.15) is 0 Å². The summed E-state index contributed by atoms with van der Waals surface area (Å²) in [4.78, 5) is 1.41. The molecule has 0 radical (unpaired) electrons. The van der Waals surface area contributed by atoms with Gasteiger partial charge in [0, 0.05) is 0 Å². The monoisotopic (exact) mass is 606 g/mol. The van der Waals surface area contributed by atoms with E-state index >= 15 is 0 Å². The van der Waals surface area contributed by atoms with Gasteiger partial charge in [0.2, 0.25) is 0 Å². The quantitative estimate of drug-likeness (QED) is 0.248. The van der Waals surface area contributed by atoms with Crippen molar-refractivity contribution in [3.05, 3.63) is 93.9 Å². The summed E-state index contributed by atoms with van der Waals surface area (Å²) in [6, 6.07) is 22.4.